The van der Waals surface area contributed by atoms with E-state index in [0.717, 1.165) is 23.2 Å². The minimum atomic E-state index is -0.888. The first-order chi connectivity index (χ1) is 13.8. The molecule has 1 amide bonds. The molecule has 0 saturated carbocycles. The van der Waals surface area contributed by atoms with Gasteiger partial charge in [0, 0.05) is 24.3 Å². The summed E-state index contributed by atoms with van der Waals surface area (Å²) in [5.74, 6) is -0.742. The van der Waals surface area contributed by atoms with E-state index < -0.39 is 17.6 Å². The Labute approximate surface area is 168 Å². The summed E-state index contributed by atoms with van der Waals surface area (Å²) in [6.07, 6.45) is 0.262. The molecule has 1 aliphatic heterocycles. The van der Waals surface area contributed by atoms with Crippen LogP contribution in [0.25, 0.3) is 0 Å². The molecule has 0 aliphatic carbocycles. The topological polar surface area (TPSA) is 103 Å². The maximum absolute atomic E-state index is 12.7. The van der Waals surface area contributed by atoms with Gasteiger partial charge >= 0.3 is 5.97 Å². The molecular formula is C22H23N3O4. The van der Waals surface area contributed by atoms with Crippen molar-refractivity contribution < 1.29 is 14.3 Å². The number of para-hydroxylation sites is 1. The molecule has 2 heterocycles. The Morgan fingerprint density at radius 1 is 1.31 bits per heavy atom. The summed E-state index contributed by atoms with van der Waals surface area (Å²) < 4.78 is 5.35. The molecule has 150 valence electrons. The van der Waals surface area contributed by atoms with Gasteiger partial charge in [0.2, 0.25) is 0 Å². The van der Waals surface area contributed by atoms with Crippen molar-refractivity contribution in [2.24, 2.45) is 0 Å². The summed E-state index contributed by atoms with van der Waals surface area (Å²) in [5, 5.41) is 9.14. The number of amides is 1. The fourth-order valence-corrected chi connectivity index (χ4v) is 3.74. The van der Waals surface area contributed by atoms with Crippen molar-refractivity contribution >= 4 is 17.6 Å². The number of fused-ring (bicyclic) bond motifs is 1. The number of nitriles is 1. The van der Waals surface area contributed by atoms with Gasteiger partial charge in [-0.05, 0) is 56.4 Å². The Morgan fingerprint density at radius 3 is 2.76 bits per heavy atom. The number of hydrogen-bond acceptors (Lipinski definition) is 5. The Hall–Kier alpha value is -3.40. The molecular weight excluding hydrogens is 370 g/mol. The van der Waals surface area contributed by atoms with E-state index in [1.54, 1.807) is 25.7 Å². The number of benzene rings is 1. The second-order valence-electron chi connectivity index (χ2n) is 7.17. The highest BCUT2D eigenvalue weighted by molar-refractivity contribution is 5.99. The van der Waals surface area contributed by atoms with Gasteiger partial charge in [0.15, 0.2) is 6.10 Å². The van der Waals surface area contributed by atoms with E-state index in [2.05, 4.69) is 4.98 Å². The van der Waals surface area contributed by atoms with Crippen LogP contribution >= 0.6 is 0 Å². The molecule has 1 aliphatic rings. The number of carbonyl (C=O) groups is 2. The number of nitrogens with one attached hydrogen (secondary N) is 1. The van der Waals surface area contributed by atoms with E-state index in [0.29, 0.717) is 24.2 Å². The number of esters is 1. The molecule has 1 aromatic heterocycles. The standard InChI is InChI=1S/C22H23N3O4/c1-13-17(14(2)24-21(27)18(13)12-23)8-9-20(26)29-15(3)22(28)25-11-10-16-6-4-5-7-19(16)25/h4-7,15H,8-11H2,1-3H3,(H,24,27)/t15-/m0/s1. The lowest BCUT2D eigenvalue weighted by atomic mass is 9.99. The average Bonchev–Trinajstić information content (AvgIpc) is 3.11. The van der Waals surface area contributed by atoms with E-state index in [1.165, 1.54) is 0 Å². The van der Waals surface area contributed by atoms with E-state index in [4.69, 9.17) is 10.00 Å². The van der Waals surface area contributed by atoms with Crippen molar-refractivity contribution in [2.45, 2.75) is 46.1 Å². The van der Waals surface area contributed by atoms with E-state index in [9.17, 15) is 14.4 Å². The van der Waals surface area contributed by atoms with Crippen molar-refractivity contribution in [1.29, 1.82) is 5.26 Å². The lowest BCUT2D eigenvalue weighted by molar-refractivity contribution is -0.153. The van der Waals surface area contributed by atoms with E-state index in [1.807, 2.05) is 30.3 Å². The molecule has 0 unspecified atom stereocenters. The van der Waals surface area contributed by atoms with Crippen molar-refractivity contribution in [2.75, 3.05) is 11.4 Å². The molecule has 0 bridgehead atoms. The first-order valence-corrected chi connectivity index (χ1v) is 9.54. The van der Waals surface area contributed by atoms with Gasteiger partial charge < -0.3 is 14.6 Å². The zero-order valence-corrected chi connectivity index (χ0v) is 16.7. The number of H-pyrrole nitrogens is 1. The fourth-order valence-electron chi connectivity index (χ4n) is 3.74. The largest absolute Gasteiger partial charge is 0.453 e. The fraction of sp³-hybridized carbons (Fsp3) is 0.364. The van der Waals surface area contributed by atoms with Crippen LogP contribution in [-0.2, 0) is 27.2 Å². The van der Waals surface area contributed by atoms with Gasteiger partial charge in [0.25, 0.3) is 11.5 Å². The molecule has 0 spiro atoms. The van der Waals surface area contributed by atoms with Crippen molar-refractivity contribution in [3.05, 3.63) is 62.6 Å². The number of carbonyl (C=O) groups excluding carboxylic acids is 2. The van der Waals surface area contributed by atoms with Crippen LogP contribution in [0, 0.1) is 25.2 Å². The molecule has 3 rings (SSSR count). The van der Waals surface area contributed by atoms with Crippen LogP contribution in [0.3, 0.4) is 0 Å². The Bertz CT molecular complexity index is 1060. The summed E-state index contributed by atoms with van der Waals surface area (Å²) in [6, 6.07) is 9.60. The monoisotopic (exact) mass is 393 g/mol. The predicted octanol–water partition coefficient (Wildman–Crippen LogP) is 2.32. The van der Waals surface area contributed by atoms with Crippen LogP contribution in [0.15, 0.2) is 29.1 Å². The second kappa shape index (κ2) is 8.31. The first kappa shape index (κ1) is 20.3. The normalized spacial score (nSPS) is 13.5. The minimum absolute atomic E-state index is 0.0484. The second-order valence-corrected chi connectivity index (χ2v) is 7.17. The quantitative estimate of drug-likeness (QED) is 0.785. The molecule has 7 nitrogen and oxygen atoms in total. The Kier molecular flexibility index (Phi) is 5.83. The number of rotatable bonds is 5. The highest BCUT2D eigenvalue weighted by Crippen LogP contribution is 2.28. The molecule has 0 fully saturated rings. The number of aryl methyl sites for hydroxylation is 1. The van der Waals surface area contributed by atoms with Gasteiger partial charge in [-0.3, -0.25) is 14.4 Å². The van der Waals surface area contributed by atoms with Crippen molar-refractivity contribution in [1.82, 2.24) is 4.98 Å². The summed E-state index contributed by atoms with van der Waals surface area (Å²) in [4.78, 5) is 41.1. The highest BCUT2D eigenvalue weighted by Gasteiger charge is 2.29. The zero-order valence-electron chi connectivity index (χ0n) is 16.7. The lowest BCUT2D eigenvalue weighted by Crippen LogP contribution is -2.39. The van der Waals surface area contributed by atoms with Gasteiger partial charge in [0.1, 0.15) is 11.6 Å². The van der Waals surface area contributed by atoms with E-state index in [-0.39, 0.29) is 17.9 Å². The van der Waals surface area contributed by atoms with Gasteiger partial charge in [-0.1, -0.05) is 18.2 Å². The zero-order chi connectivity index (χ0) is 21.1. The van der Waals surface area contributed by atoms with Crippen molar-refractivity contribution in [3.8, 4) is 6.07 Å². The number of aromatic nitrogens is 1. The highest BCUT2D eigenvalue weighted by atomic mass is 16.5. The van der Waals surface area contributed by atoms with Crippen LogP contribution in [-0.4, -0.2) is 29.5 Å². The number of pyridine rings is 1. The number of hydrogen-bond donors (Lipinski definition) is 1. The smallest absolute Gasteiger partial charge is 0.306 e. The third kappa shape index (κ3) is 4.06. The SMILES string of the molecule is Cc1[nH]c(=O)c(C#N)c(C)c1CCC(=O)O[C@@H](C)C(=O)N1CCc2ccccc21. The van der Waals surface area contributed by atoms with E-state index >= 15 is 0 Å². The van der Waals surface area contributed by atoms with Crippen LogP contribution in [0.4, 0.5) is 5.69 Å². The lowest BCUT2D eigenvalue weighted by Gasteiger charge is -2.21. The number of aromatic amines is 1. The molecule has 7 heteroatoms. The number of nitrogens with zero attached hydrogens (tertiary/aromatic N) is 2. The minimum Gasteiger partial charge on any atom is -0.453 e. The molecule has 0 radical (unpaired) electrons. The average molecular weight is 393 g/mol. The molecule has 0 saturated heterocycles. The predicted molar refractivity (Wildman–Crippen MR) is 108 cm³/mol. The van der Waals surface area contributed by atoms with Crippen LogP contribution in [0.1, 0.15) is 41.3 Å². The summed E-state index contributed by atoms with van der Waals surface area (Å²) in [6.45, 7) is 5.57. The Morgan fingerprint density at radius 2 is 2.03 bits per heavy atom. The number of anilines is 1. The maximum Gasteiger partial charge on any atom is 0.306 e. The number of ether oxygens (including phenoxy) is 1. The van der Waals surface area contributed by atoms with Crippen LogP contribution < -0.4 is 10.5 Å². The summed E-state index contributed by atoms with van der Waals surface area (Å²) in [5.41, 5.74) is 3.52. The van der Waals surface area contributed by atoms with Gasteiger partial charge in [-0.2, -0.15) is 5.26 Å². The van der Waals surface area contributed by atoms with Gasteiger partial charge in [-0.25, -0.2) is 0 Å². The van der Waals surface area contributed by atoms with Crippen LogP contribution in [0.2, 0.25) is 0 Å². The molecule has 1 atom stereocenters. The third-order valence-corrected chi connectivity index (χ3v) is 5.31. The molecule has 1 aromatic carbocycles. The summed E-state index contributed by atoms with van der Waals surface area (Å²) >= 11 is 0. The van der Waals surface area contributed by atoms with Gasteiger partial charge in [0.05, 0.1) is 0 Å². The molecule has 1 N–H and O–H groups in total. The first-order valence-electron chi connectivity index (χ1n) is 9.54. The van der Waals surface area contributed by atoms with Crippen LogP contribution in [0.5, 0.6) is 0 Å². The summed E-state index contributed by atoms with van der Waals surface area (Å²) in [7, 11) is 0. The Balaban J connectivity index is 1.63. The molecule has 2 aromatic rings. The van der Waals surface area contributed by atoms with Crippen molar-refractivity contribution in [3.63, 3.8) is 0 Å². The van der Waals surface area contributed by atoms with Gasteiger partial charge in [-0.15, -0.1) is 0 Å². The molecule has 29 heavy (non-hydrogen) atoms. The maximum atomic E-state index is 12.7. The third-order valence-electron chi connectivity index (χ3n) is 5.31.